The van der Waals surface area contributed by atoms with E-state index in [1.807, 2.05) is 0 Å². The topological polar surface area (TPSA) is 3.24 Å². The molecule has 8 aromatic carbocycles. The number of benzene rings is 8. The van der Waals surface area contributed by atoms with Crippen molar-refractivity contribution < 1.29 is 0 Å². The Bertz CT molecular complexity index is 2830. The van der Waals surface area contributed by atoms with Crippen LogP contribution in [0.2, 0.25) is 0 Å². The minimum Gasteiger partial charge on any atom is -0.309 e. The molecule has 8 aromatic rings. The molecule has 1 atom stereocenters. The van der Waals surface area contributed by atoms with Gasteiger partial charge in [-0.1, -0.05) is 186 Å². The van der Waals surface area contributed by atoms with Crippen LogP contribution in [0.25, 0.3) is 44.2 Å². The van der Waals surface area contributed by atoms with E-state index in [2.05, 4.69) is 222 Å². The highest BCUT2D eigenvalue weighted by Crippen LogP contribution is 2.57. The van der Waals surface area contributed by atoms with Gasteiger partial charge in [0.1, 0.15) is 0 Å². The number of rotatable bonds is 5. The van der Waals surface area contributed by atoms with Crippen molar-refractivity contribution in [1.29, 1.82) is 0 Å². The van der Waals surface area contributed by atoms with Gasteiger partial charge in [0.25, 0.3) is 0 Å². The molecule has 0 spiro atoms. The van der Waals surface area contributed by atoms with Crippen LogP contribution < -0.4 is 4.90 Å². The average Bonchev–Trinajstić information content (AvgIpc) is 3.62. The van der Waals surface area contributed by atoms with E-state index in [0.717, 1.165) is 17.1 Å². The maximum atomic E-state index is 2.52. The number of fused-ring (bicyclic) bond motifs is 7. The number of nitrogens with zero attached hydrogens (tertiary/aromatic N) is 1. The van der Waals surface area contributed by atoms with Gasteiger partial charge in [-0.3, -0.25) is 0 Å². The molecule has 10 rings (SSSR count). The van der Waals surface area contributed by atoms with Crippen LogP contribution >= 0.6 is 0 Å². The Morgan fingerprint density at radius 3 is 1.86 bits per heavy atom. The number of hydrogen-bond acceptors (Lipinski definition) is 1. The molecule has 0 saturated carbocycles. The molecule has 0 aliphatic heterocycles. The fourth-order valence-electron chi connectivity index (χ4n) is 9.89. The van der Waals surface area contributed by atoms with Gasteiger partial charge in [0.2, 0.25) is 0 Å². The quantitative estimate of drug-likeness (QED) is 0.171. The summed E-state index contributed by atoms with van der Waals surface area (Å²) in [6, 6.07) is 65.9. The number of para-hydroxylation sites is 1. The highest BCUT2D eigenvalue weighted by molar-refractivity contribution is 6.03. The summed E-state index contributed by atoms with van der Waals surface area (Å²) >= 11 is 0. The lowest BCUT2D eigenvalue weighted by atomic mass is 9.74. The highest BCUT2D eigenvalue weighted by atomic mass is 15.1. The Balaban J connectivity index is 1.24. The van der Waals surface area contributed by atoms with Gasteiger partial charge in [-0.05, 0) is 103 Å². The summed E-state index contributed by atoms with van der Waals surface area (Å²) in [5.74, 6) is 0. The number of hydrogen-bond donors (Lipinski definition) is 0. The van der Waals surface area contributed by atoms with E-state index >= 15 is 0 Å². The molecule has 0 radical (unpaired) electrons. The number of anilines is 3. The van der Waals surface area contributed by atoms with Crippen LogP contribution in [0, 0.1) is 0 Å². The first-order chi connectivity index (χ1) is 27.1. The van der Waals surface area contributed by atoms with Crippen LogP contribution in [-0.4, -0.2) is 0 Å². The van der Waals surface area contributed by atoms with E-state index in [4.69, 9.17) is 0 Å². The first kappa shape index (κ1) is 34.3. The average molecular weight is 722 g/mol. The molecular formula is C55H47N. The van der Waals surface area contributed by atoms with Gasteiger partial charge >= 0.3 is 0 Å². The lowest BCUT2D eigenvalue weighted by Crippen LogP contribution is -2.23. The van der Waals surface area contributed by atoms with Crippen molar-refractivity contribution in [3.8, 4) is 33.4 Å². The smallest absolute Gasteiger partial charge is 0.0540 e. The second-order valence-corrected chi connectivity index (χ2v) is 17.5. The minimum atomic E-state index is -0.311. The highest BCUT2D eigenvalue weighted by Gasteiger charge is 2.42. The molecule has 2 aliphatic carbocycles. The van der Waals surface area contributed by atoms with Crippen molar-refractivity contribution >= 4 is 27.8 Å². The molecule has 0 amide bonds. The van der Waals surface area contributed by atoms with Gasteiger partial charge in [0.05, 0.1) is 11.4 Å². The van der Waals surface area contributed by atoms with Gasteiger partial charge in [0.15, 0.2) is 0 Å². The van der Waals surface area contributed by atoms with Gasteiger partial charge < -0.3 is 4.90 Å². The molecule has 56 heavy (non-hydrogen) atoms. The molecule has 272 valence electrons. The van der Waals surface area contributed by atoms with Crippen molar-refractivity contribution in [3.63, 3.8) is 0 Å². The van der Waals surface area contributed by atoms with Gasteiger partial charge in [-0.25, -0.2) is 0 Å². The van der Waals surface area contributed by atoms with Crippen molar-refractivity contribution in [1.82, 2.24) is 0 Å². The zero-order valence-corrected chi connectivity index (χ0v) is 33.2. The predicted octanol–water partition coefficient (Wildman–Crippen LogP) is 14.9. The van der Waals surface area contributed by atoms with Crippen molar-refractivity contribution in [2.45, 2.75) is 57.8 Å². The summed E-state index contributed by atoms with van der Waals surface area (Å²) in [6.45, 7) is 14.1. The van der Waals surface area contributed by atoms with Gasteiger partial charge in [-0.2, -0.15) is 0 Å². The first-order valence-corrected chi connectivity index (χ1v) is 20.0. The molecule has 0 N–H and O–H groups in total. The van der Waals surface area contributed by atoms with Crippen molar-refractivity contribution in [2.75, 3.05) is 4.90 Å². The summed E-state index contributed by atoms with van der Waals surface area (Å²) in [5, 5.41) is 2.44. The molecule has 0 bridgehead atoms. The Morgan fingerprint density at radius 2 is 1.04 bits per heavy atom. The SMILES string of the molecule is CC(C)(C)c1ccc2c(c1)C(C)(C)c1cccc(-c3ccccc3N(c3ccc4c(c3)C(C)(c3ccccc3)c3ccccc3-4)c3cccc4ccccc34)c1-2. The molecule has 0 aromatic heterocycles. The lowest BCUT2D eigenvalue weighted by Gasteiger charge is -2.32. The molecule has 0 heterocycles. The van der Waals surface area contributed by atoms with Gasteiger partial charge in [0, 0.05) is 27.5 Å². The summed E-state index contributed by atoms with van der Waals surface area (Å²) in [7, 11) is 0. The van der Waals surface area contributed by atoms with Crippen LogP contribution in [0.15, 0.2) is 176 Å². The minimum absolute atomic E-state index is 0.0715. The summed E-state index contributed by atoms with van der Waals surface area (Å²) < 4.78 is 0. The summed E-state index contributed by atoms with van der Waals surface area (Å²) in [5.41, 5.74) is 19.0. The van der Waals surface area contributed by atoms with Crippen LogP contribution in [-0.2, 0) is 16.2 Å². The van der Waals surface area contributed by atoms with E-state index in [-0.39, 0.29) is 16.2 Å². The monoisotopic (exact) mass is 721 g/mol. The maximum absolute atomic E-state index is 2.52. The van der Waals surface area contributed by atoms with Crippen LogP contribution in [0.1, 0.15) is 74.9 Å². The van der Waals surface area contributed by atoms with Crippen molar-refractivity contribution in [3.05, 3.63) is 209 Å². The molecule has 2 aliphatic rings. The summed E-state index contributed by atoms with van der Waals surface area (Å²) in [6.07, 6.45) is 0. The first-order valence-electron chi connectivity index (χ1n) is 20.0. The second-order valence-electron chi connectivity index (χ2n) is 17.5. The lowest BCUT2D eigenvalue weighted by molar-refractivity contribution is 0.584. The van der Waals surface area contributed by atoms with Crippen LogP contribution in [0.3, 0.4) is 0 Å². The van der Waals surface area contributed by atoms with E-state index < -0.39 is 0 Å². The fourth-order valence-corrected chi connectivity index (χ4v) is 9.89. The standard InChI is InChI=1S/C55H47N/c1-53(2,3)38-30-32-45-48(34-38)54(4,5)47-27-17-25-44(52(45)47)43-24-13-15-28-51(43)56(50-29-16-19-36-18-10-11-22-40(36)50)39-31-33-42-41-23-12-14-26-46(41)55(6,49(42)35-39)37-20-8-7-9-21-37/h7-35H,1-6H3. The van der Waals surface area contributed by atoms with Gasteiger partial charge in [-0.15, -0.1) is 0 Å². The molecule has 0 fully saturated rings. The maximum Gasteiger partial charge on any atom is 0.0540 e. The Labute approximate surface area is 331 Å². The third-order valence-electron chi connectivity index (χ3n) is 12.9. The second kappa shape index (κ2) is 12.4. The Morgan fingerprint density at radius 1 is 0.429 bits per heavy atom. The third kappa shape index (κ3) is 5.00. The molecule has 1 unspecified atom stereocenters. The molecular weight excluding hydrogens is 675 g/mol. The zero-order valence-electron chi connectivity index (χ0n) is 33.2. The van der Waals surface area contributed by atoms with E-state index in [9.17, 15) is 0 Å². The summed E-state index contributed by atoms with van der Waals surface area (Å²) in [4.78, 5) is 2.52. The molecule has 1 nitrogen and oxygen atoms in total. The third-order valence-corrected chi connectivity index (χ3v) is 12.9. The van der Waals surface area contributed by atoms with E-state index in [1.165, 1.54) is 77.5 Å². The largest absolute Gasteiger partial charge is 0.309 e. The molecule has 0 saturated heterocycles. The van der Waals surface area contributed by atoms with Crippen LogP contribution in [0.4, 0.5) is 17.1 Å². The predicted molar refractivity (Wildman–Crippen MR) is 238 cm³/mol. The fraction of sp³-hybridized carbons (Fsp3) is 0.164. The Hall–Kier alpha value is -6.18. The van der Waals surface area contributed by atoms with E-state index in [1.54, 1.807) is 0 Å². The van der Waals surface area contributed by atoms with Crippen LogP contribution in [0.5, 0.6) is 0 Å². The Kier molecular flexibility index (Phi) is 7.61. The molecule has 1 heteroatoms. The zero-order chi connectivity index (χ0) is 38.4. The normalized spacial score (nSPS) is 16.2. The van der Waals surface area contributed by atoms with E-state index in [0.29, 0.717) is 0 Å². The van der Waals surface area contributed by atoms with Crippen molar-refractivity contribution in [2.24, 2.45) is 0 Å².